The Bertz CT molecular complexity index is 700. The van der Waals surface area contributed by atoms with E-state index < -0.39 is 0 Å². The highest BCUT2D eigenvalue weighted by atomic mass is 19.1. The van der Waals surface area contributed by atoms with Crippen LogP contribution in [-0.2, 0) is 17.9 Å². The molecule has 3 rings (SSSR count). The molecule has 1 amide bonds. The summed E-state index contributed by atoms with van der Waals surface area (Å²) in [6, 6.07) is 14.9. The molecule has 0 spiro atoms. The second kappa shape index (κ2) is 8.12. The molecule has 0 bridgehead atoms. The standard InChI is InChI=1S/C20H24FN3O/c21-18-7-3-15(4-8-18)12-23-13-16-5-9-19(10-6-16)24-11-1-2-17(14-24)20(22)25/h3-10,17,23H,1-2,11-14H2,(H2,22,25)/t17-/m1/s1. The number of carbonyl (C=O) groups is 1. The molecule has 1 fully saturated rings. The fraction of sp³-hybridized carbons (Fsp3) is 0.350. The number of carbonyl (C=O) groups excluding carboxylic acids is 1. The number of piperidine rings is 1. The van der Waals surface area contributed by atoms with Crippen molar-refractivity contribution < 1.29 is 9.18 Å². The minimum absolute atomic E-state index is 0.0502. The van der Waals surface area contributed by atoms with Crippen LogP contribution in [0.3, 0.4) is 0 Å². The van der Waals surface area contributed by atoms with Crippen molar-refractivity contribution in [3.8, 4) is 0 Å². The molecule has 0 saturated carbocycles. The van der Waals surface area contributed by atoms with Crippen LogP contribution < -0.4 is 16.0 Å². The summed E-state index contributed by atoms with van der Waals surface area (Å²) >= 11 is 0. The molecule has 4 nitrogen and oxygen atoms in total. The normalized spacial score (nSPS) is 17.5. The number of rotatable bonds is 6. The largest absolute Gasteiger partial charge is 0.371 e. The van der Waals surface area contributed by atoms with Gasteiger partial charge in [-0.05, 0) is 48.2 Å². The number of benzene rings is 2. The first-order valence-corrected chi connectivity index (χ1v) is 8.70. The van der Waals surface area contributed by atoms with E-state index in [4.69, 9.17) is 5.73 Å². The number of hydrogen-bond acceptors (Lipinski definition) is 3. The lowest BCUT2D eigenvalue weighted by molar-refractivity contribution is -0.122. The summed E-state index contributed by atoms with van der Waals surface area (Å²) in [4.78, 5) is 13.6. The predicted molar refractivity (Wildman–Crippen MR) is 97.5 cm³/mol. The highest BCUT2D eigenvalue weighted by Crippen LogP contribution is 2.23. The van der Waals surface area contributed by atoms with Crippen molar-refractivity contribution in [1.82, 2.24) is 5.32 Å². The average Bonchev–Trinajstić information content (AvgIpc) is 2.64. The third-order valence-corrected chi connectivity index (χ3v) is 4.70. The molecule has 2 aromatic rings. The van der Waals surface area contributed by atoms with E-state index in [2.05, 4.69) is 34.5 Å². The third-order valence-electron chi connectivity index (χ3n) is 4.70. The molecule has 0 aliphatic carbocycles. The molecule has 25 heavy (non-hydrogen) atoms. The SMILES string of the molecule is NC(=O)[C@@H]1CCCN(c2ccc(CNCc3ccc(F)cc3)cc2)C1. The summed E-state index contributed by atoms with van der Waals surface area (Å²) in [6.07, 6.45) is 1.88. The van der Waals surface area contributed by atoms with Crippen LogP contribution in [0.4, 0.5) is 10.1 Å². The summed E-state index contributed by atoms with van der Waals surface area (Å²) in [5.74, 6) is -0.465. The van der Waals surface area contributed by atoms with Gasteiger partial charge in [-0.1, -0.05) is 24.3 Å². The predicted octanol–water partition coefficient (Wildman–Crippen LogP) is 2.82. The van der Waals surface area contributed by atoms with Crippen LogP contribution in [-0.4, -0.2) is 19.0 Å². The number of hydrogen-bond donors (Lipinski definition) is 2. The van der Waals surface area contributed by atoms with Gasteiger partial charge in [-0.2, -0.15) is 0 Å². The van der Waals surface area contributed by atoms with Gasteiger partial charge in [-0.3, -0.25) is 4.79 Å². The van der Waals surface area contributed by atoms with Gasteiger partial charge in [0.25, 0.3) is 0 Å². The molecular weight excluding hydrogens is 317 g/mol. The van der Waals surface area contributed by atoms with Crippen molar-refractivity contribution in [2.45, 2.75) is 25.9 Å². The van der Waals surface area contributed by atoms with Gasteiger partial charge in [0, 0.05) is 31.9 Å². The number of halogens is 1. The average molecular weight is 341 g/mol. The summed E-state index contributed by atoms with van der Waals surface area (Å²) < 4.78 is 12.9. The second-order valence-corrected chi connectivity index (χ2v) is 6.58. The number of amides is 1. The Balaban J connectivity index is 1.51. The fourth-order valence-corrected chi connectivity index (χ4v) is 3.22. The Morgan fingerprint density at radius 3 is 2.28 bits per heavy atom. The molecule has 0 unspecified atom stereocenters. The fourth-order valence-electron chi connectivity index (χ4n) is 3.22. The maximum Gasteiger partial charge on any atom is 0.222 e. The maximum atomic E-state index is 12.9. The molecule has 5 heteroatoms. The van der Waals surface area contributed by atoms with Crippen LogP contribution in [0.2, 0.25) is 0 Å². The molecule has 1 saturated heterocycles. The van der Waals surface area contributed by atoms with Crippen molar-refractivity contribution in [3.63, 3.8) is 0 Å². The van der Waals surface area contributed by atoms with E-state index in [9.17, 15) is 9.18 Å². The van der Waals surface area contributed by atoms with Crippen LogP contribution in [0.25, 0.3) is 0 Å². The van der Waals surface area contributed by atoms with Crippen LogP contribution >= 0.6 is 0 Å². The van der Waals surface area contributed by atoms with E-state index in [1.165, 1.54) is 17.7 Å². The lowest BCUT2D eigenvalue weighted by Gasteiger charge is -2.33. The van der Waals surface area contributed by atoms with Crippen LogP contribution in [0, 0.1) is 11.7 Å². The first-order chi connectivity index (χ1) is 12.1. The van der Waals surface area contributed by atoms with E-state index in [-0.39, 0.29) is 17.6 Å². The number of nitrogens with one attached hydrogen (secondary N) is 1. The number of anilines is 1. The quantitative estimate of drug-likeness (QED) is 0.849. The van der Waals surface area contributed by atoms with E-state index in [0.29, 0.717) is 13.1 Å². The lowest BCUT2D eigenvalue weighted by Crippen LogP contribution is -2.41. The first-order valence-electron chi connectivity index (χ1n) is 8.70. The van der Waals surface area contributed by atoms with Crippen LogP contribution in [0.5, 0.6) is 0 Å². The first kappa shape index (κ1) is 17.4. The van der Waals surface area contributed by atoms with Gasteiger partial charge in [-0.25, -0.2) is 4.39 Å². The van der Waals surface area contributed by atoms with Gasteiger partial charge in [0.1, 0.15) is 5.82 Å². The molecule has 2 aromatic carbocycles. The van der Waals surface area contributed by atoms with Gasteiger partial charge in [0.15, 0.2) is 0 Å². The number of nitrogens with two attached hydrogens (primary N) is 1. The zero-order valence-electron chi connectivity index (χ0n) is 14.2. The van der Waals surface area contributed by atoms with Gasteiger partial charge in [0.05, 0.1) is 5.92 Å². The smallest absolute Gasteiger partial charge is 0.222 e. The Kier molecular flexibility index (Phi) is 5.66. The van der Waals surface area contributed by atoms with E-state index in [1.54, 1.807) is 12.1 Å². The highest BCUT2D eigenvalue weighted by Gasteiger charge is 2.23. The molecule has 3 N–H and O–H groups in total. The van der Waals surface area contributed by atoms with E-state index in [1.807, 2.05) is 0 Å². The summed E-state index contributed by atoms with van der Waals surface area (Å²) in [7, 11) is 0. The summed E-state index contributed by atoms with van der Waals surface area (Å²) in [5, 5.41) is 3.36. The van der Waals surface area contributed by atoms with Crippen molar-refractivity contribution in [1.29, 1.82) is 0 Å². The molecule has 1 aliphatic rings. The molecular formula is C20H24FN3O. The molecule has 1 heterocycles. The number of nitrogens with zero attached hydrogens (tertiary/aromatic N) is 1. The Hall–Kier alpha value is -2.40. The topological polar surface area (TPSA) is 58.4 Å². The van der Waals surface area contributed by atoms with Gasteiger partial charge in [0.2, 0.25) is 5.91 Å². The Labute approximate surface area is 147 Å². The van der Waals surface area contributed by atoms with Gasteiger partial charge >= 0.3 is 0 Å². The van der Waals surface area contributed by atoms with Crippen molar-refractivity contribution in [2.24, 2.45) is 11.7 Å². The van der Waals surface area contributed by atoms with Crippen LogP contribution in [0.15, 0.2) is 48.5 Å². The zero-order chi connectivity index (χ0) is 17.6. The molecule has 0 radical (unpaired) electrons. The summed E-state index contributed by atoms with van der Waals surface area (Å²) in [6.45, 7) is 3.12. The third kappa shape index (κ3) is 4.79. The van der Waals surface area contributed by atoms with Gasteiger partial charge in [-0.15, -0.1) is 0 Å². The van der Waals surface area contributed by atoms with E-state index >= 15 is 0 Å². The monoisotopic (exact) mass is 341 g/mol. The zero-order valence-corrected chi connectivity index (χ0v) is 14.2. The Morgan fingerprint density at radius 1 is 1.08 bits per heavy atom. The minimum atomic E-state index is -0.212. The van der Waals surface area contributed by atoms with E-state index in [0.717, 1.165) is 37.2 Å². The lowest BCUT2D eigenvalue weighted by atomic mass is 9.97. The minimum Gasteiger partial charge on any atom is -0.371 e. The molecule has 132 valence electrons. The van der Waals surface area contributed by atoms with Gasteiger partial charge < -0.3 is 16.0 Å². The molecule has 0 aromatic heterocycles. The highest BCUT2D eigenvalue weighted by molar-refractivity contribution is 5.77. The number of primary amides is 1. The van der Waals surface area contributed by atoms with Crippen molar-refractivity contribution >= 4 is 11.6 Å². The molecule has 1 aliphatic heterocycles. The Morgan fingerprint density at radius 2 is 1.68 bits per heavy atom. The van der Waals surface area contributed by atoms with Crippen molar-refractivity contribution in [3.05, 3.63) is 65.5 Å². The van der Waals surface area contributed by atoms with Crippen molar-refractivity contribution in [2.75, 3.05) is 18.0 Å². The second-order valence-electron chi connectivity index (χ2n) is 6.58. The summed E-state index contributed by atoms with van der Waals surface area (Å²) in [5.41, 5.74) is 8.83. The molecule has 1 atom stereocenters. The maximum absolute atomic E-state index is 12.9. The van der Waals surface area contributed by atoms with Crippen LogP contribution in [0.1, 0.15) is 24.0 Å².